The van der Waals surface area contributed by atoms with E-state index in [0.717, 1.165) is 48.3 Å². The molecule has 0 heterocycles. The first kappa shape index (κ1) is 41.1. The highest BCUT2D eigenvalue weighted by Crippen LogP contribution is 2.29. The number of alkyl halides is 1. The van der Waals surface area contributed by atoms with Gasteiger partial charge in [0.05, 0.1) is 16.4 Å². The molecule has 0 aromatic heterocycles. The van der Waals surface area contributed by atoms with Gasteiger partial charge in [-0.15, -0.1) is 11.6 Å². The molecule has 0 spiro atoms. The van der Waals surface area contributed by atoms with Crippen LogP contribution in [0.1, 0.15) is 86.3 Å². The number of likely N-dealkylation sites (N-methyl/N-ethyl adjacent to an activating group) is 1. The fraction of sp³-hybridized carbons (Fsp3) is 0.469. The zero-order chi connectivity index (χ0) is 29.1. The van der Waals surface area contributed by atoms with Crippen LogP contribution in [0.5, 0.6) is 0 Å². The molecule has 0 amide bonds. The van der Waals surface area contributed by atoms with Gasteiger partial charge in [-0.2, -0.15) is 0 Å². The topological polar surface area (TPSA) is 15.6 Å². The predicted molar refractivity (Wildman–Crippen MR) is 173 cm³/mol. The van der Waals surface area contributed by atoms with Gasteiger partial charge in [0.25, 0.3) is 0 Å². The monoisotopic (exact) mass is 536 g/mol. The molecule has 0 aliphatic carbocycles. The zero-order valence-corrected chi connectivity index (χ0v) is 26.7. The molecule has 0 saturated carbocycles. The van der Waals surface area contributed by atoms with Crippen LogP contribution in [0.25, 0.3) is 5.57 Å². The first-order valence-electron chi connectivity index (χ1n) is 13.1. The van der Waals surface area contributed by atoms with Crippen molar-refractivity contribution < 1.29 is 0 Å². The quantitative estimate of drug-likeness (QED) is 0.156. The molecule has 1 aromatic rings. The van der Waals surface area contributed by atoms with Crippen molar-refractivity contribution in [3.8, 4) is 0 Å². The third-order valence-electron chi connectivity index (χ3n) is 4.59. The molecule has 1 aromatic carbocycles. The third kappa shape index (κ3) is 17.4. The van der Waals surface area contributed by atoms with Crippen LogP contribution in [-0.4, -0.2) is 31.6 Å². The maximum absolute atomic E-state index is 6.17. The third-order valence-corrected chi connectivity index (χ3v) is 4.78. The van der Waals surface area contributed by atoms with Gasteiger partial charge in [0.1, 0.15) is 0 Å². The molecule has 0 radical (unpaired) electrons. The highest BCUT2D eigenvalue weighted by Gasteiger charge is 2.07. The summed E-state index contributed by atoms with van der Waals surface area (Å²) in [6.45, 7) is 30.9. The molecule has 0 aliphatic rings. The molecule has 1 rings (SSSR count). The van der Waals surface area contributed by atoms with Gasteiger partial charge in [0.15, 0.2) is 0 Å². The van der Waals surface area contributed by atoms with Crippen molar-refractivity contribution >= 4 is 41.2 Å². The molecule has 0 unspecified atom stereocenters. The summed E-state index contributed by atoms with van der Waals surface area (Å²) in [4.78, 5) is 6.29. The molecule has 0 fully saturated rings. The van der Waals surface area contributed by atoms with Crippen molar-refractivity contribution in [2.75, 3.05) is 20.0 Å². The van der Waals surface area contributed by atoms with Gasteiger partial charge in [0, 0.05) is 25.5 Å². The number of rotatable bonds is 11. The fourth-order valence-corrected chi connectivity index (χ4v) is 3.12. The summed E-state index contributed by atoms with van der Waals surface area (Å²) in [5.74, 6) is 0. The van der Waals surface area contributed by atoms with Crippen LogP contribution in [0.3, 0.4) is 0 Å². The lowest BCUT2D eigenvalue weighted by atomic mass is 9.98. The molecular weight excluding hydrogens is 483 g/mol. The van der Waals surface area contributed by atoms with E-state index in [1.807, 2.05) is 66.8 Å². The largest absolute Gasteiger partial charge is 0.373 e. The lowest BCUT2D eigenvalue weighted by molar-refractivity contribution is 0.428. The minimum Gasteiger partial charge on any atom is -0.373 e. The fourth-order valence-electron chi connectivity index (χ4n) is 2.92. The van der Waals surface area contributed by atoms with E-state index in [9.17, 15) is 0 Å². The number of benzene rings is 1. The van der Waals surface area contributed by atoms with Gasteiger partial charge >= 0.3 is 0 Å². The van der Waals surface area contributed by atoms with Crippen LogP contribution in [0, 0.1) is 0 Å². The summed E-state index contributed by atoms with van der Waals surface area (Å²) < 4.78 is 0. The Bertz CT molecular complexity index is 802. The Labute approximate surface area is 235 Å². The van der Waals surface area contributed by atoms with Crippen molar-refractivity contribution in [2.24, 2.45) is 4.99 Å². The van der Waals surface area contributed by atoms with Gasteiger partial charge < -0.3 is 4.90 Å². The Morgan fingerprint density at radius 1 is 1.03 bits per heavy atom. The normalized spacial score (nSPS) is 10.5. The Morgan fingerprint density at radius 3 is 2.00 bits per heavy atom. The van der Waals surface area contributed by atoms with E-state index in [4.69, 9.17) is 11.6 Å². The van der Waals surface area contributed by atoms with E-state index < -0.39 is 0 Å². The van der Waals surface area contributed by atoms with Crippen molar-refractivity contribution in [2.45, 2.75) is 81.6 Å². The van der Waals surface area contributed by atoms with Gasteiger partial charge in [-0.25, -0.2) is 0 Å². The molecule has 4 heteroatoms. The van der Waals surface area contributed by atoms with Crippen LogP contribution in [0.4, 0.5) is 5.69 Å². The van der Waals surface area contributed by atoms with E-state index in [2.05, 4.69) is 86.4 Å². The second-order valence-corrected chi connectivity index (χ2v) is 7.28. The standard InChI is InChI=1S/C25H33ClN2.3C2H6.CH3Cl/c1-8-17-28(7)25(20(5)26)16-12-19(4)11-14-22(10-3)23-18-21(9-2)13-15-24(23)27-6;4*1-2/h10,12-16,18H,3,5-6,8-9,11,17H2,1-2,4,7H3;3*1-2H3;1H3/b19-12+,22-14-,25-16+;;;;. The number of hydrogen-bond acceptors (Lipinski definition) is 2. The molecule has 0 bridgehead atoms. The lowest BCUT2D eigenvalue weighted by Gasteiger charge is -2.21. The average molecular weight is 538 g/mol. The first-order valence-corrected chi connectivity index (χ1v) is 14.2. The molecule has 0 saturated heterocycles. The zero-order valence-electron chi connectivity index (χ0n) is 25.1. The molecule has 36 heavy (non-hydrogen) atoms. The maximum atomic E-state index is 6.17. The number of aryl methyl sites for hydroxylation is 1. The Morgan fingerprint density at radius 2 is 1.58 bits per heavy atom. The van der Waals surface area contributed by atoms with Crippen LogP contribution in [-0.2, 0) is 6.42 Å². The second kappa shape index (κ2) is 29.2. The Balaban J connectivity index is -0.000000579. The van der Waals surface area contributed by atoms with E-state index in [1.54, 1.807) is 0 Å². The van der Waals surface area contributed by atoms with E-state index in [0.29, 0.717) is 5.03 Å². The number of allylic oxidation sites excluding steroid dienone is 7. The first-order chi connectivity index (χ1) is 17.4. The molecular formula is C32H54Cl2N2. The SMILES string of the molecule is C=C/C(=C/C/C(C)=C/C=C(\C(=C)Cl)N(C)CCC)c1cc(CC)ccc1N=C.CC.CC.CC.CCl. The highest BCUT2D eigenvalue weighted by molar-refractivity contribution is 6.31. The molecule has 206 valence electrons. The van der Waals surface area contributed by atoms with Crippen LogP contribution in [0.2, 0.25) is 0 Å². The minimum absolute atomic E-state index is 0.556. The molecule has 0 N–H and O–H groups in total. The molecule has 2 nitrogen and oxygen atoms in total. The average Bonchev–Trinajstić information content (AvgIpc) is 2.93. The van der Waals surface area contributed by atoms with Crippen molar-refractivity contribution in [3.63, 3.8) is 0 Å². The van der Waals surface area contributed by atoms with Gasteiger partial charge in [-0.3, -0.25) is 4.99 Å². The van der Waals surface area contributed by atoms with E-state index in [1.165, 1.54) is 17.5 Å². The second-order valence-electron chi connectivity index (χ2n) is 6.82. The van der Waals surface area contributed by atoms with Gasteiger partial charge in [-0.05, 0) is 62.2 Å². The lowest BCUT2D eigenvalue weighted by Crippen LogP contribution is -2.18. The van der Waals surface area contributed by atoms with Crippen LogP contribution >= 0.6 is 23.2 Å². The van der Waals surface area contributed by atoms with Crippen LogP contribution in [0.15, 0.2) is 77.0 Å². The van der Waals surface area contributed by atoms with Gasteiger partial charge in [-0.1, -0.05) is 110 Å². The van der Waals surface area contributed by atoms with Crippen molar-refractivity contribution in [1.29, 1.82) is 0 Å². The predicted octanol–water partition coefficient (Wildman–Crippen LogP) is 11.4. The van der Waals surface area contributed by atoms with E-state index in [-0.39, 0.29) is 0 Å². The summed E-state index contributed by atoms with van der Waals surface area (Å²) >= 11 is 10.8. The number of nitrogens with zero attached hydrogens (tertiary/aromatic N) is 2. The van der Waals surface area contributed by atoms with Crippen molar-refractivity contribution in [3.05, 3.63) is 83.1 Å². The number of hydrogen-bond donors (Lipinski definition) is 0. The summed E-state index contributed by atoms with van der Waals surface area (Å²) in [6.07, 6.45) is 12.5. The Kier molecular flexibility index (Phi) is 33.3. The summed E-state index contributed by atoms with van der Waals surface area (Å²) in [5, 5.41) is 0.556. The van der Waals surface area contributed by atoms with Gasteiger partial charge in [0.2, 0.25) is 0 Å². The summed E-state index contributed by atoms with van der Waals surface area (Å²) in [7, 11) is 2.03. The van der Waals surface area contributed by atoms with Crippen molar-refractivity contribution in [1.82, 2.24) is 4.90 Å². The van der Waals surface area contributed by atoms with E-state index >= 15 is 0 Å². The maximum Gasteiger partial charge on any atom is 0.0700 e. The molecule has 0 aliphatic heterocycles. The summed E-state index contributed by atoms with van der Waals surface area (Å²) in [6, 6.07) is 6.29. The summed E-state index contributed by atoms with van der Waals surface area (Å²) in [5.41, 5.74) is 6.47. The Hall–Kier alpha value is -2.03. The minimum atomic E-state index is 0.556. The highest BCUT2D eigenvalue weighted by atomic mass is 35.5. The number of aliphatic imine (C=N–C) groups is 1. The molecule has 0 atom stereocenters. The smallest absolute Gasteiger partial charge is 0.0700 e. The number of halogens is 2. The van der Waals surface area contributed by atoms with Crippen LogP contribution < -0.4 is 0 Å².